The summed E-state index contributed by atoms with van der Waals surface area (Å²) in [4.78, 5) is 10.4. The van der Waals surface area contributed by atoms with Crippen LogP contribution in [0.5, 0.6) is 0 Å². The van der Waals surface area contributed by atoms with Crippen molar-refractivity contribution in [3.05, 3.63) is 33.3 Å². The maximum absolute atomic E-state index is 10.9. The van der Waals surface area contributed by atoms with Crippen LogP contribution in [-0.4, -0.2) is 16.1 Å². The maximum atomic E-state index is 10.9. The fraction of sp³-hybridized carbons (Fsp3) is 0.500. The van der Waals surface area contributed by atoms with Crippen molar-refractivity contribution >= 4 is 40.3 Å². The smallest absolute Gasteiger partial charge is 0.289 e. The molecular weight excluding hydrogens is 310 g/mol. The van der Waals surface area contributed by atoms with Gasteiger partial charge < -0.3 is 10.6 Å². The van der Waals surface area contributed by atoms with Crippen LogP contribution in [0.15, 0.2) is 18.2 Å². The number of nitro benzene ring substituents is 1. The molecule has 1 aliphatic rings. The number of thiocarbonyl (C=S) groups is 1. The van der Waals surface area contributed by atoms with Gasteiger partial charge in [-0.15, -0.1) is 0 Å². The van der Waals surface area contributed by atoms with Crippen molar-refractivity contribution < 1.29 is 4.92 Å². The molecule has 7 heteroatoms. The molecule has 1 aromatic rings. The van der Waals surface area contributed by atoms with Crippen molar-refractivity contribution in [1.82, 2.24) is 5.32 Å². The first kappa shape index (κ1) is 16.0. The molecule has 0 unspecified atom stereocenters. The van der Waals surface area contributed by atoms with Crippen molar-refractivity contribution in [2.75, 3.05) is 5.32 Å². The number of hydrogen-bond donors (Lipinski definition) is 2. The van der Waals surface area contributed by atoms with Crippen LogP contribution in [-0.2, 0) is 0 Å². The molecule has 0 amide bonds. The van der Waals surface area contributed by atoms with Crippen LogP contribution in [0.2, 0.25) is 5.02 Å². The third-order valence-corrected chi connectivity index (χ3v) is 4.37. The van der Waals surface area contributed by atoms with Gasteiger partial charge in [-0.1, -0.05) is 31.4 Å². The Labute approximate surface area is 134 Å². The molecule has 1 fully saturated rings. The number of halogens is 1. The van der Waals surface area contributed by atoms with E-state index in [-0.39, 0.29) is 10.7 Å². The summed E-state index contributed by atoms with van der Waals surface area (Å²) in [5, 5.41) is 17.8. The predicted octanol–water partition coefficient (Wildman–Crippen LogP) is 4.11. The first-order chi connectivity index (χ1) is 9.97. The van der Waals surface area contributed by atoms with Gasteiger partial charge in [-0.25, -0.2) is 0 Å². The van der Waals surface area contributed by atoms with E-state index in [1.165, 1.54) is 31.4 Å². The fourth-order valence-corrected chi connectivity index (χ4v) is 3.05. The first-order valence-electron chi connectivity index (χ1n) is 6.99. The summed E-state index contributed by atoms with van der Waals surface area (Å²) in [6.45, 7) is 2.21. The Hall–Kier alpha value is -1.40. The van der Waals surface area contributed by atoms with Gasteiger partial charge in [-0.3, -0.25) is 10.1 Å². The SMILES string of the molecule is C[C@H]1CCCC[C@@H]1NC(=S)Nc1ccc(Cl)c([N+](=O)[O-])c1. The summed E-state index contributed by atoms with van der Waals surface area (Å²) in [7, 11) is 0. The number of nitrogens with zero attached hydrogens (tertiary/aromatic N) is 1. The summed E-state index contributed by atoms with van der Waals surface area (Å²) in [6.07, 6.45) is 4.77. The third-order valence-electron chi connectivity index (χ3n) is 3.83. The monoisotopic (exact) mass is 327 g/mol. The Kier molecular flexibility index (Phi) is 5.36. The topological polar surface area (TPSA) is 67.2 Å². The molecule has 2 atom stereocenters. The zero-order valence-electron chi connectivity index (χ0n) is 11.8. The van der Waals surface area contributed by atoms with Gasteiger partial charge in [0.05, 0.1) is 4.92 Å². The number of hydrogen-bond acceptors (Lipinski definition) is 3. The lowest BCUT2D eigenvalue weighted by Crippen LogP contribution is -2.43. The third kappa shape index (κ3) is 4.28. The minimum absolute atomic E-state index is 0.116. The quantitative estimate of drug-likeness (QED) is 0.496. The van der Waals surface area contributed by atoms with Crippen LogP contribution in [0.25, 0.3) is 0 Å². The molecule has 0 saturated heterocycles. The van der Waals surface area contributed by atoms with E-state index >= 15 is 0 Å². The molecule has 0 aliphatic heterocycles. The average molecular weight is 328 g/mol. The second kappa shape index (κ2) is 7.04. The summed E-state index contributed by atoms with van der Waals surface area (Å²) >= 11 is 11.1. The van der Waals surface area contributed by atoms with Gasteiger partial charge in [0.2, 0.25) is 0 Å². The van der Waals surface area contributed by atoms with Gasteiger partial charge in [0.1, 0.15) is 5.02 Å². The predicted molar refractivity (Wildman–Crippen MR) is 88.9 cm³/mol. The van der Waals surface area contributed by atoms with Crippen LogP contribution in [0.3, 0.4) is 0 Å². The average Bonchev–Trinajstić information content (AvgIpc) is 2.43. The van der Waals surface area contributed by atoms with Gasteiger partial charge in [0.25, 0.3) is 5.69 Å². The number of nitro groups is 1. The summed E-state index contributed by atoms with van der Waals surface area (Å²) in [5.74, 6) is 0.582. The highest BCUT2D eigenvalue weighted by Crippen LogP contribution is 2.27. The number of rotatable bonds is 3. The summed E-state index contributed by atoms with van der Waals surface area (Å²) in [6, 6.07) is 4.92. The molecule has 0 spiro atoms. The van der Waals surface area contributed by atoms with Gasteiger partial charge in [0.15, 0.2) is 5.11 Å². The van der Waals surface area contributed by atoms with Crippen LogP contribution in [0.4, 0.5) is 11.4 Å². The van der Waals surface area contributed by atoms with Crippen molar-refractivity contribution in [2.24, 2.45) is 5.92 Å². The van der Waals surface area contributed by atoms with Crippen molar-refractivity contribution in [3.63, 3.8) is 0 Å². The lowest BCUT2D eigenvalue weighted by molar-refractivity contribution is -0.384. The molecule has 2 rings (SSSR count). The number of nitrogens with one attached hydrogen (secondary N) is 2. The van der Waals surface area contributed by atoms with Crippen LogP contribution in [0, 0.1) is 16.0 Å². The highest BCUT2D eigenvalue weighted by molar-refractivity contribution is 7.80. The first-order valence-corrected chi connectivity index (χ1v) is 7.77. The molecule has 5 nitrogen and oxygen atoms in total. The largest absolute Gasteiger partial charge is 0.359 e. The second-order valence-corrected chi connectivity index (χ2v) is 6.21. The number of benzene rings is 1. The summed E-state index contributed by atoms with van der Waals surface area (Å²) < 4.78 is 0. The summed E-state index contributed by atoms with van der Waals surface area (Å²) in [5.41, 5.74) is 0.433. The fourth-order valence-electron chi connectivity index (χ4n) is 2.60. The van der Waals surface area contributed by atoms with Gasteiger partial charge in [-0.05, 0) is 43.1 Å². The zero-order valence-corrected chi connectivity index (χ0v) is 13.3. The maximum Gasteiger partial charge on any atom is 0.289 e. The molecule has 1 aliphatic carbocycles. The van der Waals surface area contributed by atoms with E-state index in [0.29, 0.717) is 22.8 Å². The van der Waals surface area contributed by atoms with Gasteiger partial charge >= 0.3 is 0 Å². The standard InChI is InChI=1S/C14H18ClN3O2S/c1-9-4-2-3-5-12(9)17-14(21)16-10-6-7-11(15)13(8-10)18(19)20/h6-9,12H,2-5H2,1H3,(H2,16,17,21)/t9-,12-/m0/s1. The molecule has 0 aromatic heterocycles. The van der Waals surface area contributed by atoms with E-state index in [1.807, 2.05) is 0 Å². The Morgan fingerprint density at radius 2 is 2.14 bits per heavy atom. The van der Waals surface area contributed by atoms with E-state index < -0.39 is 4.92 Å². The van der Waals surface area contributed by atoms with E-state index in [9.17, 15) is 10.1 Å². The normalized spacial score (nSPS) is 21.6. The Balaban J connectivity index is 1.99. The van der Waals surface area contributed by atoms with Gasteiger partial charge in [-0.2, -0.15) is 0 Å². The highest BCUT2D eigenvalue weighted by atomic mass is 35.5. The molecular formula is C14H18ClN3O2S. The van der Waals surface area contributed by atoms with Crippen LogP contribution >= 0.6 is 23.8 Å². The van der Waals surface area contributed by atoms with Crippen LogP contribution < -0.4 is 10.6 Å². The molecule has 1 saturated carbocycles. The van der Waals surface area contributed by atoms with Crippen molar-refractivity contribution in [2.45, 2.75) is 38.6 Å². The minimum atomic E-state index is -0.507. The molecule has 0 heterocycles. The van der Waals surface area contributed by atoms with E-state index in [0.717, 1.165) is 6.42 Å². The second-order valence-electron chi connectivity index (χ2n) is 5.39. The van der Waals surface area contributed by atoms with E-state index in [4.69, 9.17) is 23.8 Å². The van der Waals surface area contributed by atoms with Crippen LogP contribution in [0.1, 0.15) is 32.6 Å². The minimum Gasteiger partial charge on any atom is -0.359 e. The molecule has 114 valence electrons. The van der Waals surface area contributed by atoms with Crippen molar-refractivity contribution in [3.8, 4) is 0 Å². The lowest BCUT2D eigenvalue weighted by atomic mass is 9.86. The Morgan fingerprint density at radius 1 is 1.43 bits per heavy atom. The Morgan fingerprint density at radius 3 is 2.81 bits per heavy atom. The lowest BCUT2D eigenvalue weighted by Gasteiger charge is -2.30. The zero-order chi connectivity index (χ0) is 15.4. The Bertz CT molecular complexity index is 553. The molecule has 2 N–H and O–H groups in total. The molecule has 0 bridgehead atoms. The van der Waals surface area contributed by atoms with Crippen molar-refractivity contribution in [1.29, 1.82) is 0 Å². The highest BCUT2D eigenvalue weighted by Gasteiger charge is 2.22. The molecule has 1 aromatic carbocycles. The number of anilines is 1. The molecule has 0 radical (unpaired) electrons. The van der Waals surface area contributed by atoms with E-state index in [1.54, 1.807) is 6.07 Å². The van der Waals surface area contributed by atoms with E-state index in [2.05, 4.69) is 17.6 Å². The van der Waals surface area contributed by atoms with Gasteiger partial charge in [0, 0.05) is 17.8 Å². The molecule has 21 heavy (non-hydrogen) atoms.